The molecular formula is C26H32N2O3. The zero-order valence-corrected chi connectivity index (χ0v) is 18.9. The molecule has 1 amide bonds. The van der Waals surface area contributed by atoms with Crippen LogP contribution in [0.5, 0.6) is 0 Å². The van der Waals surface area contributed by atoms with Gasteiger partial charge in [0.05, 0.1) is 19.3 Å². The Bertz CT molecular complexity index is 1050. The standard InChI is InChI=1S/C26H32N2O3/c1-17(2)20-6-8-21(9-7-20)23(28-11-13-30-14-12-28)16-27-26(29)25-19(4)22-15-18(3)5-10-24(22)31-25/h5-10,15,17,23H,11-14,16H2,1-4H3,(H,27,29)/t23-/m0/s1. The van der Waals surface area contributed by atoms with Crippen LogP contribution in [-0.2, 0) is 4.74 Å². The molecule has 0 spiro atoms. The maximum atomic E-state index is 13.0. The number of rotatable bonds is 6. The van der Waals surface area contributed by atoms with Crippen molar-refractivity contribution in [2.75, 3.05) is 32.8 Å². The average Bonchev–Trinajstić information content (AvgIpc) is 3.11. The van der Waals surface area contributed by atoms with Gasteiger partial charge in [-0.15, -0.1) is 0 Å². The number of carbonyl (C=O) groups excluding carboxylic acids is 1. The van der Waals surface area contributed by atoms with Crippen molar-refractivity contribution in [1.29, 1.82) is 0 Å². The summed E-state index contributed by atoms with van der Waals surface area (Å²) in [5, 5.41) is 4.13. The molecule has 0 unspecified atom stereocenters. The average molecular weight is 421 g/mol. The number of fused-ring (bicyclic) bond motifs is 1. The van der Waals surface area contributed by atoms with Crippen molar-refractivity contribution in [3.63, 3.8) is 0 Å². The molecule has 0 bridgehead atoms. The third-order valence-corrected chi connectivity index (χ3v) is 6.23. The van der Waals surface area contributed by atoms with Crippen LogP contribution in [0, 0.1) is 13.8 Å². The molecule has 31 heavy (non-hydrogen) atoms. The lowest BCUT2D eigenvalue weighted by molar-refractivity contribution is 0.0161. The van der Waals surface area contributed by atoms with Crippen LogP contribution in [0.25, 0.3) is 11.0 Å². The summed E-state index contributed by atoms with van der Waals surface area (Å²) in [6, 6.07) is 14.9. The highest BCUT2D eigenvalue weighted by Gasteiger charge is 2.25. The van der Waals surface area contributed by atoms with Crippen molar-refractivity contribution in [1.82, 2.24) is 10.2 Å². The van der Waals surface area contributed by atoms with E-state index in [0.29, 0.717) is 18.2 Å². The van der Waals surface area contributed by atoms with Crippen LogP contribution in [0.3, 0.4) is 0 Å². The molecule has 3 aromatic rings. The third kappa shape index (κ3) is 4.68. The van der Waals surface area contributed by atoms with Crippen LogP contribution in [0.1, 0.15) is 58.6 Å². The molecule has 1 N–H and O–H groups in total. The van der Waals surface area contributed by atoms with Gasteiger partial charge in [0.1, 0.15) is 5.58 Å². The number of nitrogens with one attached hydrogen (secondary N) is 1. The number of benzene rings is 2. The summed E-state index contributed by atoms with van der Waals surface area (Å²) in [7, 11) is 0. The van der Waals surface area contributed by atoms with Gasteiger partial charge in [0.25, 0.3) is 5.91 Å². The summed E-state index contributed by atoms with van der Waals surface area (Å²) in [4.78, 5) is 15.4. The minimum Gasteiger partial charge on any atom is -0.451 e. The van der Waals surface area contributed by atoms with Gasteiger partial charge in [-0.05, 0) is 43.0 Å². The minimum atomic E-state index is -0.164. The fourth-order valence-electron chi connectivity index (χ4n) is 4.27. The molecule has 164 valence electrons. The van der Waals surface area contributed by atoms with Crippen LogP contribution in [0.4, 0.5) is 0 Å². The van der Waals surface area contributed by atoms with E-state index in [1.54, 1.807) is 0 Å². The van der Waals surface area contributed by atoms with Crippen molar-refractivity contribution >= 4 is 16.9 Å². The second kappa shape index (κ2) is 9.25. The third-order valence-electron chi connectivity index (χ3n) is 6.23. The summed E-state index contributed by atoms with van der Waals surface area (Å²) in [6.45, 7) is 12.1. The summed E-state index contributed by atoms with van der Waals surface area (Å²) < 4.78 is 11.4. The quantitative estimate of drug-likeness (QED) is 0.611. The molecule has 1 saturated heterocycles. The second-order valence-corrected chi connectivity index (χ2v) is 8.75. The highest BCUT2D eigenvalue weighted by atomic mass is 16.5. The smallest absolute Gasteiger partial charge is 0.287 e. The van der Waals surface area contributed by atoms with E-state index in [0.717, 1.165) is 48.4 Å². The Morgan fingerprint density at radius 1 is 1.03 bits per heavy atom. The van der Waals surface area contributed by atoms with E-state index in [4.69, 9.17) is 9.15 Å². The largest absolute Gasteiger partial charge is 0.451 e. The molecule has 0 saturated carbocycles. The number of carbonyl (C=O) groups is 1. The van der Waals surface area contributed by atoms with Gasteiger partial charge in [0.2, 0.25) is 0 Å². The summed E-state index contributed by atoms with van der Waals surface area (Å²) in [6.07, 6.45) is 0. The van der Waals surface area contributed by atoms with Crippen LogP contribution in [-0.4, -0.2) is 43.7 Å². The SMILES string of the molecule is Cc1ccc2oc(C(=O)NC[C@@H](c3ccc(C(C)C)cc3)N3CCOCC3)c(C)c2c1. The zero-order valence-electron chi connectivity index (χ0n) is 18.9. The number of nitrogens with zero attached hydrogens (tertiary/aromatic N) is 1. The maximum absolute atomic E-state index is 13.0. The van der Waals surface area contributed by atoms with Gasteiger partial charge >= 0.3 is 0 Å². The summed E-state index contributed by atoms with van der Waals surface area (Å²) in [5.74, 6) is 0.732. The van der Waals surface area contributed by atoms with Gasteiger partial charge in [-0.2, -0.15) is 0 Å². The second-order valence-electron chi connectivity index (χ2n) is 8.75. The lowest BCUT2D eigenvalue weighted by Crippen LogP contribution is -2.43. The monoisotopic (exact) mass is 420 g/mol. The molecule has 1 aromatic heterocycles. The molecule has 1 atom stereocenters. The van der Waals surface area contributed by atoms with E-state index >= 15 is 0 Å². The van der Waals surface area contributed by atoms with Crippen LogP contribution in [0.2, 0.25) is 0 Å². The fourth-order valence-corrected chi connectivity index (χ4v) is 4.27. The van der Waals surface area contributed by atoms with E-state index in [1.165, 1.54) is 11.1 Å². The topological polar surface area (TPSA) is 54.7 Å². The van der Waals surface area contributed by atoms with Crippen LogP contribution in [0.15, 0.2) is 46.9 Å². The summed E-state index contributed by atoms with van der Waals surface area (Å²) in [5.41, 5.74) is 5.33. The first kappa shape index (κ1) is 21.6. The van der Waals surface area contributed by atoms with Crippen LogP contribution >= 0.6 is 0 Å². The highest BCUT2D eigenvalue weighted by molar-refractivity contribution is 5.99. The van der Waals surface area contributed by atoms with E-state index < -0.39 is 0 Å². The Balaban J connectivity index is 1.54. The van der Waals surface area contributed by atoms with Crippen molar-refractivity contribution in [3.05, 3.63) is 70.5 Å². The lowest BCUT2D eigenvalue weighted by Gasteiger charge is -2.35. The van der Waals surface area contributed by atoms with Crippen molar-refractivity contribution in [2.45, 2.75) is 39.7 Å². The predicted molar refractivity (Wildman–Crippen MR) is 124 cm³/mol. The molecule has 4 rings (SSSR count). The van der Waals surface area contributed by atoms with E-state index in [1.807, 2.05) is 26.0 Å². The van der Waals surface area contributed by atoms with Crippen molar-refractivity contribution in [3.8, 4) is 0 Å². The molecule has 2 aromatic carbocycles. The van der Waals surface area contributed by atoms with E-state index in [9.17, 15) is 4.79 Å². The Labute approximate surface area is 184 Å². The maximum Gasteiger partial charge on any atom is 0.287 e. The number of hydrogen-bond acceptors (Lipinski definition) is 4. The van der Waals surface area contributed by atoms with Crippen LogP contribution < -0.4 is 5.32 Å². The number of hydrogen-bond donors (Lipinski definition) is 1. The molecule has 5 nitrogen and oxygen atoms in total. The van der Waals surface area contributed by atoms with Gasteiger partial charge in [-0.25, -0.2) is 0 Å². The molecule has 1 aliphatic heterocycles. The molecule has 1 fully saturated rings. The Hall–Kier alpha value is -2.63. The Morgan fingerprint density at radius 2 is 1.71 bits per heavy atom. The van der Waals surface area contributed by atoms with Crippen molar-refractivity contribution in [2.24, 2.45) is 0 Å². The molecule has 5 heteroatoms. The fraction of sp³-hybridized carbons (Fsp3) is 0.423. The summed E-state index contributed by atoms with van der Waals surface area (Å²) >= 11 is 0. The van der Waals surface area contributed by atoms with E-state index in [2.05, 4.69) is 54.4 Å². The number of furan rings is 1. The number of morpholine rings is 1. The zero-order chi connectivity index (χ0) is 22.0. The minimum absolute atomic E-state index is 0.0981. The van der Waals surface area contributed by atoms with Crippen molar-refractivity contribution < 1.29 is 13.9 Å². The first-order chi connectivity index (χ1) is 14.9. The molecule has 1 aliphatic rings. The molecule has 0 aliphatic carbocycles. The lowest BCUT2D eigenvalue weighted by atomic mass is 9.98. The highest BCUT2D eigenvalue weighted by Crippen LogP contribution is 2.27. The van der Waals surface area contributed by atoms with Gasteiger partial charge in [-0.1, -0.05) is 49.7 Å². The normalized spacial score (nSPS) is 16.0. The Kier molecular flexibility index (Phi) is 6.44. The van der Waals surface area contributed by atoms with E-state index in [-0.39, 0.29) is 11.9 Å². The van der Waals surface area contributed by atoms with Gasteiger partial charge in [0.15, 0.2) is 5.76 Å². The number of aryl methyl sites for hydroxylation is 2. The van der Waals surface area contributed by atoms with Gasteiger partial charge in [-0.3, -0.25) is 9.69 Å². The molecular weight excluding hydrogens is 388 g/mol. The molecule has 2 heterocycles. The number of amides is 1. The first-order valence-corrected chi connectivity index (χ1v) is 11.1. The predicted octanol–water partition coefficient (Wildman–Crippen LogP) is 4.98. The first-order valence-electron chi connectivity index (χ1n) is 11.1. The van der Waals surface area contributed by atoms with Gasteiger partial charge < -0.3 is 14.5 Å². The molecule has 0 radical (unpaired) electrons. The number of ether oxygens (including phenoxy) is 1. The van der Waals surface area contributed by atoms with Gasteiger partial charge in [0, 0.05) is 30.6 Å². The Morgan fingerprint density at radius 3 is 2.39 bits per heavy atom.